The predicted octanol–water partition coefficient (Wildman–Crippen LogP) is 4.99. The molecule has 0 aliphatic carbocycles. The molecule has 0 unspecified atom stereocenters. The Bertz CT molecular complexity index is 1180. The molecule has 0 saturated carbocycles. The van der Waals surface area contributed by atoms with Gasteiger partial charge in [0.05, 0.1) is 12.0 Å². The fourth-order valence-electron chi connectivity index (χ4n) is 2.91. The van der Waals surface area contributed by atoms with Gasteiger partial charge in [0.1, 0.15) is 5.75 Å². The van der Waals surface area contributed by atoms with Crippen molar-refractivity contribution in [3.63, 3.8) is 0 Å². The normalized spacial score (nSPS) is 11.0. The van der Waals surface area contributed by atoms with Crippen molar-refractivity contribution >= 4 is 50.3 Å². The Morgan fingerprint density at radius 2 is 1.72 bits per heavy atom. The summed E-state index contributed by atoms with van der Waals surface area (Å²) in [6, 6.07) is 19.1. The highest BCUT2D eigenvalue weighted by Gasteiger charge is 2.16. The van der Waals surface area contributed by atoms with Crippen LogP contribution < -0.4 is 20.1 Å². The minimum Gasteiger partial charge on any atom is -0.497 e. The highest BCUT2D eigenvalue weighted by Crippen LogP contribution is 2.23. The molecule has 3 aromatic carbocycles. The summed E-state index contributed by atoms with van der Waals surface area (Å²) in [4.78, 5) is 0.126. The molecule has 0 aromatic heterocycles. The Morgan fingerprint density at radius 1 is 1.03 bits per heavy atom. The third kappa shape index (κ3) is 6.59. The first-order valence-corrected chi connectivity index (χ1v) is 12.1. The van der Waals surface area contributed by atoms with E-state index < -0.39 is 10.0 Å². The standard InChI is InChI=1S/C23H24ClN3O3S2/c1-16-3-12-21(32(28,29)27-19-8-6-18(24)7-9-19)15-22(16)26-23(31)25-14-13-17-4-10-20(30-2)11-5-17/h3-12,15,27H,13-14H2,1-2H3,(H2,25,26,31). The second-order valence-electron chi connectivity index (χ2n) is 7.07. The molecule has 0 spiro atoms. The number of ether oxygens (including phenoxy) is 1. The molecule has 0 aliphatic rings. The second kappa shape index (κ2) is 10.7. The summed E-state index contributed by atoms with van der Waals surface area (Å²) in [5.74, 6) is 0.815. The first kappa shape index (κ1) is 23.8. The van der Waals surface area contributed by atoms with E-state index in [4.69, 9.17) is 28.6 Å². The molecule has 0 aliphatic heterocycles. The molecule has 0 saturated heterocycles. The number of benzene rings is 3. The van der Waals surface area contributed by atoms with Crippen LogP contribution in [0.15, 0.2) is 71.6 Å². The van der Waals surface area contributed by atoms with Crippen molar-refractivity contribution in [3.8, 4) is 5.75 Å². The largest absolute Gasteiger partial charge is 0.497 e. The van der Waals surface area contributed by atoms with Gasteiger partial charge in [-0.25, -0.2) is 8.42 Å². The Labute approximate surface area is 199 Å². The molecule has 0 atom stereocenters. The molecule has 3 rings (SSSR count). The SMILES string of the molecule is COc1ccc(CCNC(=S)Nc2cc(S(=O)(=O)Nc3ccc(Cl)cc3)ccc2C)cc1. The van der Waals surface area contributed by atoms with Gasteiger partial charge in [-0.05, 0) is 85.2 Å². The summed E-state index contributed by atoms with van der Waals surface area (Å²) >= 11 is 11.2. The molecular weight excluding hydrogens is 466 g/mol. The maximum Gasteiger partial charge on any atom is 0.261 e. The Morgan fingerprint density at radius 3 is 2.38 bits per heavy atom. The lowest BCUT2D eigenvalue weighted by Crippen LogP contribution is -2.30. The van der Waals surface area contributed by atoms with E-state index >= 15 is 0 Å². The average molecular weight is 490 g/mol. The van der Waals surface area contributed by atoms with E-state index in [1.807, 2.05) is 31.2 Å². The summed E-state index contributed by atoms with van der Waals surface area (Å²) in [6.45, 7) is 2.51. The lowest BCUT2D eigenvalue weighted by molar-refractivity contribution is 0.414. The number of anilines is 2. The zero-order valence-electron chi connectivity index (χ0n) is 17.7. The molecule has 3 aromatic rings. The zero-order chi connectivity index (χ0) is 23.1. The molecule has 9 heteroatoms. The molecule has 0 heterocycles. The number of nitrogens with one attached hydrogen (secondary N) is 3. The van der Waals surface area contributed by atoms with Crippen LogP contribution in [0.25, 0.3) is 0 Å². The Hall–Kier alpha value is -2.81. The van der Waals surface area contributed by atoms with Gasteiger partial charge in [0.15, 0.2) is 5.11 Å². The van der Waals surface area contributed by atoms with Gasteiger partial charge in [-0.2, -0.15) is 0 Å². The average Bonchev–Trinajstić information content (AvgIpc) is 2.77. The number of hydrogen-bond acceptors (Lipinski definition) is 4. The number of hydrogen-bond donors (Lipinski definition) is 3. The molecule has 0 amide bonds. The lowest BCUT2D eigenvalue weighted by atomic mass is 10.1. The number of rotatable bonds is 8. The number of sulfonamides is 1. The van der Waals surface area contributed by atoms with Gasteiger partial charge in [-0.15, -0.1) is 0 Å². The molecule has 0 fully saturated rings. The van der Waals surface area contributed by atoms with Gasteiger partial charge in [0.2, 0.25) is 0 Å². The summed E-state index contributed by atoms with van der Waals surface area (Å²) in [5, 5.41) is 7.19. The second-order valence-corrected chi connectivity index (χ2v) is 9.60. The van der Waals surface area contributed by atoms with Crippen molar-refractivity contribution in [1.82, 2.24) is 5.32 Å². The van der Waals surface area contributed by atoms with Crippen LogP contribution in [0.1, 0.15) is 11.1 Å². The van der Waals surface area contributed by atoms with Crippen molar-refractivity contribution < 1.29 is 13.2 Å². The van der Waals surface area contributed by atoms with Crippen LogP contribution in [0.4, 0.5) is 11.4 Å². The molecule has 0 bridgehead atoms. The third-order valence-corrected chi connectivity index (χ3v) is 6.60. The van der Waals surface area contributed by atoms with Crippen LogP contribution in [-0.2, 0) is 16.4 Å². The van der Waals surface area contributed by atoms with Gasteiger partial charge < -0.3 is 15.4 Å². The van der Waals surface area contributed by atoms with Crippen LogP contribution in [0.5, 0.6) is 5.75 Å². The highest BCUT2D eigenvalue weighted by molar-refractivity contribution is 7.92. The van der Waals surface area contributed by atoms with Gasteiger partial charge >= 0.3 is 0 Å². The fraction of sp³-hybridized carbons (Fsp3) is 0.174. The van der Waals surface area contributed by atoms with Crippen LogP contribution in [0.3, 0.4) is 0 Å². The number of thiocarbonyl (C=S) groups is 1. The van der Waals surface area contributed by atoms with E-state index in [0.29, 0.717) is 28.1 Å². The zero-order valence-corrected chi connectivity index (χ0v) is 20.1. The highest BCUT2D eigenvalue weighted by atomic mass is 35.5. The van der Waals surface area contributed by atoms with Gasteiger partial charge in [-0.1, -0.05) is 29.8 Å². The summed E-state index contributed by atoms with van der Waals surface area (Å²) < 4.78 is 33.3. The maximum atomic E-state index is 12.8. The van der Waals surface area contributed by atoms with Crippen molar-refractivity contribution in [1.29, 1.82) is 0 Å². The number of methoxy groups -OCH3 is 1. The van der Waals surface area contributed by atoms with Crippen LogP contribution in [0.2, 0.25) is 5.02 Å². The summed E-state index contributed by atoms with van der Waals surface area (Å²) in [7, 11) is -2.13. The van der Waals surface area contributed by atoms with Crippen molar-refractivity contribution in [3.05, 3.63) is 82.9 Å². The molecule has 168 valence electrons. The van der Waals surface area contributed by atoms with E-state index in [9.17, 15) is 8.42 Å². The van der Waals surface area contributed by atoms with E-state index in [0.717, 1.165) is 23.3 Å². The third-order valence-electron chi connectivity index (χ3n) is 4.72. The maximum absolute atomic E-state index is 12.8. The fourth-order valence-corrected chi connectivity index (χ4v) is 4.34. The van der Waals surface area contributed by atoms with Crippen molar-refractivity contribution in [2.45, 2.75) is 18.2 Å². The van der Waals surface area contributed by atoms with Gasteiger partial charge in [-0.3, -0.25) is 4.72 Å². The van der Waals surface area contributed by atoms with E-state index in [-0.39, 0.29) is 4.90 Å². The smallest absolute Gasteiger partial charge is 0.261 e. The van der Waals surface area contributed by atoms with E-state index in [2.05, 4.69) is 15.4 Å². The van der Waals surface area contributed by atoms with Crippen molar-refractivity contribution in [2.75, 3.05) is 23.7 Å². The minimum atomic E-state index is -3.77. The van der Waals surface area contributed by atoms with Crippen LogP contribution in [0, 0.1) is 6.92 Å². The first-order chi connectivity index (χ1) is 15.3. The Balaban J connectivity index is 1.61. The van der Waals surface area contributed by atoms with E-state index in [1.54, 1.807) is 49.6 Å². The molecular formula is C23H24ClN3O3S2. The molecule has 6 nitrogen and oxygen atoms in total. The van der Waals surface area contributed by atoms with Crippen LogP contribution in [-0.4, -0.2) is 27.2 Å². The first-order valence-electron chi connectivity index (χ1n) is 9.83. The number of halogens is 1. The van der Waals surface area contributed by atoms with Gasteiger partial charge in [0, 0.05) is 22.9 Å². The monoisotopic (exact) mass is 489 g/mol. The molecule has 3 N–H and O–H groups in total. The quantitative estimate of drug-likeness (QED) is 0.387. The predicted molar refractivity (Wildman–Crippen MR) is 134 cm³/mol. The molecule has 32 heavy (non-hydrogen) atoms. The number of aryl methyl sites for hydroxylation is 1. The van der Waals surface area contributed by atoms with E-state index in [1.165, 1.54) is 0 Å². The molecule has 0 radical (unpaired) electrons. The minimum absolute atomic E-state index is 0.126. The van der Waals surface area contributed by atoms with Crippen molar-refractivity contribution in [2.24, 2.45) is 0 Å². The summed E-state index contributed by atoms with van der Waals surface area (Å²) in [6.07, 6.45) is 0.782. The lowest BCUT2D eigenvalue weighted by Gasteiger charge is -2.15. The Kier molecular flexibility index (Phi) is 7.95. The topological polar surface area (TPSA) is 79.5 Å². The van der Waals surface area contributed by atoms with Crippen LogP contribution >= 0.6 is 23.8 Å². The van der Waals surface area contributed by atoms with Gasteiger partial charge in [0.25, 0.3) is 10.0 Å². The summed E-state index contributed by atoms with van der Waals surface area (Å²) in [5.41, 5.74) is 3.07.